The van der Waals surface area contributed by atoms with Crippen LogP contribution in [0.2, 0.25) is 0 Å². The van der Waals surface area contributed by atoms with Crippen molar-refractivity contribution >= 4 is 11.6 Å². The van der Waals surface area contributed by atoms with E-state index in [1.165, 1.54) is 17.5 Å². The molecule has 0 aliphatic rings. The predicted octanol–water partition coefficient (Wildman–Crippen LogP) is 4.13. The maximum atomic E-state index is 6.09. The van der Waals surface area contributed by atoms with Crippen LogP contribution in [0.3, 0.4) is 0 Å². The van der Waals surface area contributed by atoms with Crippen LogP contribution < -0.4 is 10.1 Å². The van der Waals surface area contributed by atoms with Crippen molar-refractivity contribution in [2.75, 3.05) is 18.5 Å². The highest BCUT2D eigenvalue weighted by molar-refractivity contribution is 5.46. The molecule has 4 rings (SSSR count). The van der Waals surface area contributed by atoms with Gasteiger partial charge in [0.2, 0.25) is 0 Å². The molecule has 0 aliphatic heterocycles. The Bertz CT molecular complexity index is 1100. The zero-order valence-corrected chi connectivity index (χ0v) is 17.0. The van der Waals surface area contributed by atoms with Crippen LogP contribution in [0.15, 0.2) is 54.9 Å². The van der Waals surface area contributed by atoms with Crippen molar-refractivity contribution < 1.29 is 4.74 Å². The number of hydrogen-bond donors (Lipinski definition) is 1. The van der Waals surface area contributed by atoms with Gasteiger partial charge in [0.1, 0.15) is 24.5 Å². The lowest BCUT2D eigenvalue weighted by Gasteiger charge is -2.15. The lowest BCUT2D eigenvalue weighted by molar-refractivity contribution is 0.328. The van der Waals surface area contributed by atoms with Crippen LogP contribution >= 0.6 is 0 Å². The molecule has 0 spiro atoms. The summed E-state index contributed by atoms with van der Waals surface area (Å²) < 4.78 is 7.79. The summed E-state index contributed by atoms with van der Waals surface area (Å²) in [5.41, 5.74) is 5.84. The first kappa shape index (κ1) is 18.9. The van der Waals surface area contributed by atoms with Crippen LogP contribution in [0.4, 0.5) is 5.82 Å². The van der Waals surface area contributed by atoms with Crippen molar-refractivity contribution in [3.05, 3.63) is 82.8 Å². The van der Waals surface area contributed by atoms with Gasteiger partial charge in [0.25, 0.3) is 5.78 Å². The molecular weight excluding hydrogens is 362 g/mol. The van der Waals surface area contributed by atoms with E-state index in [1.54, 1.807) is 4.52 Å². The second kappa shape index (κ2) is 8.31. The molecule has 0 bridgehead atoms. The minimum absolute atomic E-state index is 0.553. The number of benzene rings is 2. The van der Waals surface area contributed by atoms with Gasteiger partial charge in [0.05, 0.1) is 6.54 Å². The van der Waals surface area contributed by atoms with E-state index >= 15 is 0 Å². The van der Waals surface area contributed by atoms with Crippen molar-refractivity contribution in [1.82, 2.24) is 19.6 Å². The summed E-state index contributed by atoms with van der Waals surface area (Å²) in [5.74, 6) is 2.41. The van der Waals surface area contributed by atoms with E-state index in [9.17, 15) is 0 Å². The molecule has 0 unspecified atom stereocenters. The largest absolute Gasteiger partial charge is 0.491 e. The van der Waals surface area contributed by atoms with Gasteiger partial charge in [-0.2, -0.15) is 14.6 Å². The van der Waals surface area contributed by atoms with Gasteiger partial charge in [-0.15, -0.1) is 0 Å². The average molecular weight is 387 g/mol. The van der Waals surface area contributed by atoms with Crippen LogP contribution in [-0.2, 0) is 6.42 Å². The Balaban J connectivity index is 1.39. The summed E-state index contributed by atoms with van der Waals surface area (Å²) >= 11 is 0. The van der Waals surface area contributed by atoms with E-state index in [0.717, 1.165) is 34.8 Å². The fourth-order valence-corrected chi connectivity index (χ4v) is 3.59. The van der Waals surface area contributed by atoms with Gasteiger partial charge >= 0.3 is 0 Å². The van der Waals surface area contributed by atoms with Crippen LogP contribution in [-0.4, -0.2) is 32.7 Å². The highest BCUT2D eigenvalue weighted by Crippen LogP contribution is 2.26. The lowest BCUT2D eigenvalue weighted by atomic mass is 10.00. The molecule has 0 saturated heterocycles. The zero-order valence-electron chi connectivity index (χ0n) is 17.0. The van der Waals surface area contributed by atoms with E-state index < -0.39 is 0 Å². The molecule has 0 saturated carbocycles. The fraction of sp³-hybridized carbons (Fsp3) is 0.261. The van der Waals surface area contributed by atoms with Gasteiger partial charge in [-0.1, -0.05) is 42.5 Å². The van der Waals surface area contributed by atoms with Gasteiger partial charge in [-0.05, 0) is 49.4 Å². The van der Waals surface area contributed by atoms with Gasteiger partial charge in [0, 0.05) is 11.8 Å². The van der Waals surface area contributed by atoms with Gasteiger partial charge in [0.15, 0.2) is 0 Å². The Morgan fingerprint density at radius 1 is 0.966 bits per heavy atom. The molecule has 1 N–H and O–H groups in total. The normalized spacial score (nSPS) is 11.0. The summed E-state index contributed by atoms with van der Waals surface area (Å²) in [6.07, 6.45) is 2.44. The molecule has 0 radical (unpaired) electrons. The van der Waals surface area contributed by atoms with Crippen molar-refractivity contribution in [3.8, 4) is 5.75 Å². The molecule has 0 atom stereocenters. The molecule has 2 aromatic heterocycles. The molecule has 4 aromatic rings. The van der Waals surface area contributed by atoms with E-state index in [-0.39, 0.29) is 0 Å². The molecule has 6 nitrogen and oxygen atoms in total. The van der Waals surface area contributed by atoms with E-state index in [1.807, 2.05) is 19.1 Å². The Kier molecular flexibility index (Phi) is 5.42. The maximum Gasteiger partial charge on any atom is 0.254 e. The van der Waals surface area contributed by atoms with E-state index in [4.69, 9.17) is 4.74 Å². The number of hydrogen-bond acceptors (Lipinski definition) is 5. The van der Waals surface area contributed by atoms with Crippen molar-refractivity contribution in [1.29, 1.82) is 0 Å². The van der Waals surface area contributed by atoms with Crippen molar-refractivity contribution in [2.24, 2.45) is 0 Å². The van der Waals surface area contributed by atoms with Gasteiger partial charge < -0.3 is 10.1 Å². The Hall–Kier alpha value is -3.41. The Labute approximate surface area is 170 Å². The van der Waals surface area contributed by atoms with Gasteiger partial charge in [-0.25, -0.2) is 4.98 Å². The SMILES string of the molecule is Cc1cc(NCCOc2c(C)cc(Cc3ccccc3)cc2C)n2ncnc2n1. The Morgan fingerprint density at radius 3 is 2.48 bits per heavy atom. The third-order valence-electron chi connectivity index (χ3n) is 4.81. The number of aromatic nitrogens is 4. The first-order valence-corrected chi connectivity index (χ1v) is 9.78. The number of anilines is 1. The molecule has 2 aromatic carbocycles. The molecule has 0 amide bonds. The van der Waals surface area contributed by atoms with Crippen molar-refractivity contribution in [3.63, 3.8) is 0 Å². The predicted molar refractivity (Wildman–Crippen MR) is 115 cm³/mol. The third kappa shape index (κ3) is 4.37. The minimum Gasteiger partial charge on any atom is -0.491 e. The molecular formula is C23H25N5O. The number of ether oxygens (including phenoxy) is 1. The number of fused-ring (bicyclic) bond motifs is 1. The topological polar surface area (TPSA) is 64.3 Å². The van der Waals surface area contributed by atoms with Crippen molar-refractivity contribution in [2.45, 2.75) is 27.2 Å². The smallest absolute Gasteiger partial charge is 0.254 e. The fourth-order valence-electron chi connectivity index (χ4n) is 3.59. The average Bonchev–Trinajstić information content (AvgIpc) is 3.16. The van der Waals surface area contributed by atoms with Crippen LogP contribution in [0, 0.1) is 20.8 Å². The Morgan fingerprint density at radius 2 is 1.72 bits per heavy atom. The number of rotatable bonds is 7. The molecule has 29 heavy (non-hydrogen) atoms. The minimum atomic E-state index is 0.553. The highest BCUT2D eigenvalue weighted by atomic mass is 16.5. The van der Waals surface area contributed by atoms with Crippen LogP contribution in [0.1, 0.15) is 27.9 Å². The van der Waals surface area contributed by atoms with E-state index in [0.29, 0.717) is 18.9 Å². The third-order valence-corrected chi connectivity index (χ3v) is 4.81. The summed E-state index contributed by atoms with van der Waals surface area (Å²) in [6.45, 7) is 7.37. The van der Waals surface area contributed by atoms with Gasteiger partial charge in [-0.3, -0.25) is 0 Å². The molecule has 0 aliphatic carbocycles. The quantitative estimate of drug-likeness (QED) is 0.483. The van der Waals surface area contributed by atoms with E-state index in [2.05, 4.69) is 70.6 Å². The first-order chi connectivity index (χ1) is 14.1. The number of nitrogens with zero attached hydrogens (tertiary/aromatic N) is 4. The molecule has 148 valence electrons. The number of aryl methyl sites for hydroxylation is 3. The zero-order chi connectivity index (χ0) is 20.2. The monoisotopic (exact) mass is 387 g/mol. The standard InChI is InChI=1S/C23H25N5O/c1-16-11-20(14-19-7-5-4-6-8-19)12-17(2)22(16)29-10-9-24-21-13-18(3)27-23-25-15-26-28(21)23/h4-8,11-13,15,24H,9-10,14H2,1-3H3. The first-order valence-electron chi connectivity index (χ1n) is 9.78. The van der Waals surface area contributed by atoms with Crippen LogP contribution in [0.25, 0.3) is 5.78 Å². The molecule has 2 heterocycles. The summed E-state index contributed by atoms with van der Waals surface area (Å²) in [5, 5.41) is 7.57. The van der Waals surface area contributed by atoms with Crippen LogP contribution in [0.5, 0.6) is 5.75 Å². The maximum absolute atomic E-state index is 6.09. The lowest BCUT2D eigenvalue weighted by Crippen LogP contribution is -2.15. The second-order valence-corrected chi connectivity index (χ2v) is 7.25. The highest BCUT2D eigenvalue weighted by Gasteiger charge is 2.08. The summed E-state index contributed by atoms with van der Waals surface area (Å²) in [6, 6.07) is 16.9. The summed E-state index contributed by atoms with van der Waals surface area (Å²) in [7, 11) is 0. The summed E-state index contributed by atoms with van der Waals surface area (Å²) in [4.78, 5) is 8.50. The molecule has 0 fully saturated rings. The molecule has 6 heteroatoms. The number of nitrogens with one attached hydrogen (secondary N) is 1. The second-order valence-electron chi connectivity index (χ2n) is 7.25.